The van der Waals surface area contributed by atoms with Crippen LogP contribution >= 0.6 is 0 Å². The Morgan fingerprint density at radius 2 is 2.38 bits per heavy atom. The number of hydrogen-bond acceptors (Lipinski definition) is 3. The van der Waals surface area contributed by atoms with Gasteiger partial charge < -0.3 is 14.8 Å². The van der Waals surface area contributed by atoms with Crippen LogP contribution in [-0.2, 0) is 9.47 Å². The van der Waals surface area contributed by atoms with Crippen LogP contribution in [0, 0.1) is 0 Å². The first-order chi connectivity index (χ1) is 6.24. The van der Waals surface area contributed by atoms with E-state index in [2.05, 4.69) is 11.9 Å². The third kappa shape index (κ3) is 3.46. The first-order valence-corrected chi connectivity index (χ1v) is 4.75. The second-order valence-electron chi connectivity index (χ2n) is 3.54. The minimum Gasteiger partial charge on any atom is -0.376 e. The standard InChI is InChI=1S/C10H19NO2/c1-8(2)6-9(11-3)10-7-12-4-5-13-10/h9-11H,1,4-7H2,2-3H3. The maximum absolute atomic E-state index is 5.60. The molecule has 1 heterocycles. The molecule has 0 aliphatic carbocycles. The first-order valence-electron chi connectivity index (χ1n) is 4.75. The second-order valence-corrected chi connectivity index (χ2v) is 3.54. The highest BCUT2D eigenvalue weighted by molar-refractivity contribution is 4.95. The van der Waals surface area contributed by atoms with E-state index in [0.717, 1.165) is 13.0 Å². The summed E-state index contributed by atoms with van der Waals surface area (Å²) in [5, 5.41) is 3.24. The Hall–Kier alpha value is -0.380. The Bertz CT molecular complexity index is 164. The normalized spacial score (nSPS) is 25.5. The number of ether oxygens (including phenoxy) is 2. The highest BCUT2D eigenvalue weighted by Crippen LogP contribution is 2.12. The molecule has 1 aliphatic heterocycles. The summed E-state index contributed by atoms with van der Waals surface area (Å²) in [5.41, 5.74) is 1.17. The largest absolute Gasteiger partial charge is 0.376 e. The number of rotatable bonds is 4. The van der Waals surface area contributed by atoms with Gasteiger partial charge in [0.05, 0.1) is 25.9 Å². The van der Waals surface area contributed by atoms with Crippen molar-refractivity contribution in [3.8, 4) is 0 Å². The van der Waals surface area contributed by atoms with Gasteiger partial charge >= 0.3 is 0 Å². The maximum atomic E-state index is 5.60. The summed E-state index contributed by atoms with van der Waals surface area (Å²) in [6.45, 7) is 8.06. The van der Waals surface area contributed by atoms with Gasteiger partial charge in [0.15, 0.2) is 0 Å². The molecular weight excluding hydrogens is 166 g/mol. The van der Waals surface area contributed by atoms with Crippen LogP contribution in [-0.4, -0.2) is 39.0 Å². The van der Waals surface area contributed by atoms with Gasteiger partial charge in [0, 0.05) is 6.04 Å². The quantitative estimate of drug-likeness (QED) is 0.662. The lowest BCUT2D eigenvalue weighted by atomic mass is 10.0. The predicted octanol–water partition coefficient (Wildman–Crippen LogP) is 0.956. The molecule has 76 valence electrons. The maximum Gasteiger partial charge on any atom is 0.0965 e. The Morgan fingerprint density at radius 3 is 2.85 bits per heavy atom. The molecule has 0 aromatic rings. The average Bonchev–Trinajstić information content (AvgIpc) is 2.15. The fourth-order valence-corrected chi connectivity index (χ4v) is 1.53. The minimum absolute atomic E-state index is 0.176. The summed E-state index contributed by atoms with van der Waals surface area (Å²) < 4.78 is 11.0. The Morgan fingerprint density at radius 1 is 1.62 bits per heavy atom. The van der Waals surface area contributed by atoms with E-state index in [9.17, 15) is 0 Å². The van der Waals surface area contributed by atoms with E-state index < -0.39 is 0 Å². The lowest BCUT2D eigenvalue weighted by molar-refractivity contribution is -0.100. The van der Waals surface area contributed by atoms with Gasteiger partial charge in [-0.15, -0.1) is 6.58 Å². The van der Waals surface area contributed by atoms with Crippen LogP contribution in [0.2, 0.25) is 0 Å². The van der Waals surface area contributed by atoms with Crippen LogP contribution in [0.15, 0.2) is 12.2 Å². The van der Waals surface area contributed by atoms with Crippen molar-refractivity contribution < 1.29 is 9.47 Å². The molecule has 1 rings (SSSR count). The van der Waals surface area contributed by atoms with Crippen LogP contribution in [0.1, 0.15) is 13.3 Å². The third-order valence-corrected chi connectivity index (χ3v) is 2.23. The van der Waals surface area contributed by atoms with Crippen LogP contribution in [0.3, 0.4) is 0 Å². The van der Waals surface area contributed by atoms with Gasteiger partial charge in [-0.25, -0.2) is 0 Å². The van der Waals surface area contributed by atoms with Gasteiger partial charge in [0.1, 0.15) is 0 Å². The lowest BCUT2D eigenvalue weighted by Gasteiger charge is -2.30. The molecule has 0 aromatic carbocycles. The Balaban J connectivity index is 2.39. The summed E-state index contributed by atoms with van der Waals surface area (Å²) >= 11 is 0. The van der Waals surface area contributed by atoms with Crippen LogP contribution in [0.5, 0.6) is 0 Å². The molecule has 2 unspecified atom stereocenters. The third-order valence-electron chi connectivity index (χ3n) is 2.23. The van der Waals surface area contributed by atoms with Crippen molar-refractivity contribution in [2.24, 2.45) is 0 Å². The van der Waals surface area contributed by atoms with E-state index in [1.165, 1.54) is 5.57 Å². The van der Waals surface area contributed by atoms with Crippen molar-refractivity contribution >= 4 is 0 Å². The van der Waals surface area contributed by atoms with Gasteiger partial charge in [-0.2, -0.15) is 0 Å². The zero-order valence-electron chi connectivity index (χ0n) is 8.51. The molecular formula is C10H19NO2. The molecule has 3 nitrogen and oxygen atoms in total. The fourth-order valence-electron chi connectivity index (χ4n) is 1.53. The van der Waals surface area contributed by atoms with Gasteiger partial charge in [-0.3, -0.25) is 0 Å². The molecule has 0 bridgehead atoms. The molecule has 1 saturated heterocycles. The number of likely N-dealkylation sites (N-methyl/N-ethyl adjacent to an activating group) is 1. The zero-order valence-corrected chi connectivity index (χ0v) is 8.51. The van der Waals surface area contributed by atoms with Crippen molar-refractivity contribution in [2.45, 2.75) is 25.5 Å². The Kier molecular flexibility index (Phi) is 4.42. The highest BCUT2D eigenvalue weighted by atomic mass is 16.6. The highest BCUT2D eigenvalue weighted by Gasteiger charge is 2.23. The van der Waals surface area contributed by atoms with Crippen LogP contribution in [0.25, 0.3) is 0 Å². The molecule has 0 aromatic heterocycles. The average molecular weight is 185 g/mol. The zero-order chi connectivity index (χ0) is 9.68. The van der Waals surface area contributed by atoms with Crippen molar-refractivity contribution in [3.05, 3.63) is 12.2 Å². The molecule has 13 heavy (non-hydrogen) atoms. The summed E-state index contributed by atoms with van der Waals surface area (Å²) in [5.74, 6) is 0. The van der Waals surface area contributed by atoms with Crippen molar-refractivity contribution in [3.63, 3.8) is 0 Å². The van der Waals surface area contributed by atoms with Crippen LogP contribution < -0.4 is 5.32 Å². The lowest BCUT2D eigenvalue weighted by Crippen LogP contribution is -2.45. The van der Waals surface area contributed by atoms with E-state index >= 15 is 0 Å². The van der Waals surface area contributed by atoms with Gasteiger partial charge in [0.2, 0.25) is 0 Å². The molecule has 1 aliphatic rings. The fraction of sp³-hybridized carbons (Fsp3) is 0.800. The molecule has 0 saturated carbocycles. The minimum atomic E-state index is 0.176. The molecule has 0 radical (unpaired) electrons. The summed E-state index contributed by atoms with van der Waals surface area (Å²) in [7, 11) is 1.95. The molecule has 3 heteroatoms. The van der Waals surface area contributed by atoms with E-state index in [-0.39, 0.29) is 6.10 Å². The van der Waals surface area contributed by atoms with Crippen molar-refractivity contribution in [2.75, 3.05) is 26.9 Å². The summed E-state index contributed by atoms with van der Waals surface area (Å²) in [6, 6.07) is 0.331. The van der Waals surface area contributed by atoms with E-state index in [0.29, 0.717) is 19.3 Å². The van der Waals surface area contributed by atoms with Crippen molar-refractivity contribution in [1.29, 1.82) is 0 Å². The van der Waals surface area contributed by atoms with Gasteiger partial charge in [-0.05, 0) is 20.4 Å². The number of hydrogen-bond donors (Lipinski definition) is 1. The predicted molar refractivity (Wildman–Crippen MR) is 52.8 cm³/mol. The summed E-state index contributed by atoms with van der Waals surface area (Å²) in [6.07, 6.45) is 1.13. The molecule has 1 N–H and O–H groups in total. The molecule has 1 fully saturated rings. The SMILES string of the molecule is C=C(C)CC(NC)C1COCCO1. The Labute approximate surface area is 80.1 Å². The number of nitrogens with one attached hydrogen (secondary N) is 1. The summed E-state index contributed by atoms with van der Waals surface area (Å²) in [4.78, 5) is 0. The molecule has 2 atom stereocenters. The van der Waals surface area contributed by atoms with Gasteiger partial charge in [-0.1, -0.05) is 5.57 Å². The van der Waals surface area contributed by atoms with Gasteiger partial charge in [0.25, 0.3) is 0 Å². The van der Waals surface area contributed by atoms with Crippen molar-refractivity contribution in [1.82, 2.24) is 5.32 Å². The smallest absolute Gasteiger partial charge is 0.0965 e. The molecule has 0 spiro atoms. The topological polar surface area (TPSA) is 30.5 Å². The van der Waals surface area contributed by atoms with E-state index in [1.807, 2.05) is 14.0 Å². The first kappa shape index (κ1) is 10.7. The van der Waals surface area contributed by atoms with Crippen LogP contribution in [0.4, 0.5) is 0 Å². The van der Waals surface area contributed by atoms with E-state index in [4.69, 9.17) is 9.47 Å². The monoisotopic (exact) mass is 185 g/mol. The van der Waals surface area contributed by atoms with E-state index in [1.54, 1.807) is 0 Å². The molecule has 0 amide bonds. The second kappa shape index (κ2) is 5.37.